The minimum atomic E-state index is -6.84. The Morgan fingerprint density at radius 2 is 1.60 bits per heavy atom. The zero-order valence-electron chi connectivity index (χ0n) is 26.9. The Hall–Kier alpha value is -1.60. The van der Waals surface area contributed by atoms with Crippen LogP contribution >= 0.6 is 11.8 Å². The lowest BCUT2D eigenvalue weighted by molar-refractivity contribution is -0.396. The van der Waals surface area contributed by atoms with Gasteiger partial charge in [0, 0.05) is 6.42 Å². The fourth-order valence-electron chi connectivity index (χ4n) is 8.36. The quantitative estimate of drug-likeness (QED) is 0.108. The number of alkyl halides is 9. The average Bonchev–Trinajstić information content (AvgIpc) is 3.29. The van der Waals surface area contributed by atoms with E-state index in [1.807, 2.05) is 18.0 Å². The number of benzene rings is 1. The summed E-state index contributed by atoms with van der Waals surface area (Å²) in [7, 11) is 1.88. The van der Waals surface area contributed by atoms with Gasteiger partial charge in [0.1, 0.15) is 5.75 Å². The lowest BCUT2D eigenvalue weighted by atomic mass is 9.51. The van der Waals surface area contributed by atoms with Gasteiger partial charge in [-0.2, -0.15) is 51.3 Å². The molecule has 1 aromatic carbocycles. The predicted molar refractivity (Wildman–Crippen MR) is 165 cm³/mol. The highest BCUT2D eigenvalue weighted by molar-refractivity contribution is 7.99. The summed E-state index contributed by atoms with van der Waals surface area (Å²) < 4.78 is 117. The first-order valence-corrected chi connectivity index (χ1v) is 17.6. The van der Waals surface area contributed by atoms with Gasteiger partial charge in [-0.1, -0.05) is 38.0 Å². The maximum atomic E-state index is 13.7. The van der Waals surface area contributed by atoms with Crippen LogP contribution in [0.25, 0.3) is 0 Å². The van der Waals surface area contributed by atoms with E-state index in [4.69, 9.17) is 0 Å². The van der Waals surface area contributed by atoms with Crippen molar-refractivity contribution in [3.63, 3.8) is 0 Å². The van der Waals surface area contributed by atoms with Gasteiger partial charge >= 0.3 is 23.9 Å². The van der Waals surface area contributed by atoms with Crippen LogP contribution in [0.5, 0.6) is 5.75 Å². The summed E-state index contributed by atoms with van der Waals surface area (Å²) in [6, 6.07) is 5.41. The number of phenols is 1. The number of fused-ring (bicyclic) bond motifs is 5. The Balaban J connectivity index is 1.20. The molecular weight excluding hydrogens is 657 g/mol. The number of hydrogen-bond acceptors (Lipinski definition) is 4. The van der Waals surface area contributed by atoms with E-state index in [0.717, 1.165) is 80.8 Å². The van der Waals surface area contributed by atoms with E-state index in [0.29, 0.717) is 30.7 Å². The molecule has 0 heterocycles. The first-order valence-electron chi connectivity index (χ1n) is 16.4. The first kappa shape index (κ1) is 38.2. The number of aliphatic hydroxyl groups excluding tert-OH is 1. The lowest BCUT2D eigenvalue weighted by Gasteiger charge is -2.54. The molecule has 0 spiro atoms. The molecule has 3 aliphatic carbocycles. The number of thioether (sulfide) groups is 1. The molecule has 0 aliphatic heterocycles. The second-order valence-electron chi connectivity index (χ2n) is 14.0. The summed E-state index contributed by atoms with van der Waals surface area (Å²) in [6.07, 6.45) is -0.963. The zero-order valence-corrected chi connectivity index (χ0v) is 27.7. The summed E-state index contributed by atoms with van der Waals surface area (Å²) in [5.41, 5.74) is 3.40. The molecule has 13 heteroatoms. The second-order valence-corrected chi connectivity index (χ2v) is 15.3. The summed E-state index contributed by atoms with van der Waals surface area (Å²) in [6.45, 7) is 8.06. The Morgan fingerprint density at radius 3 is 2.28 bits per heavy atom. The van der Waals surface area contributed by atoms with Crippen LogP contribution in [0.3, 0.4) is 0 Å². The third kappa shape index (κ3) is 7.47. The zero-order chi connectivity index (χ0) is 35.0. The van der Waals surface area contributed by atoms with Crippen LogP contribution in [0, 0.1) is 23.2 Å². The smallest absolute Gasteiger partial charge is 0.460 e. The van der Waals surface area contributed by atoms with Crippen molar-refractivity contribution in [2.45, 2.75) is 107 Å². The number of nitrogens with zero attached hydrogens (tertiary/aromatic N) is 1. The molecule has 6 atom stereocenters. The van der Waals surface area contributed by atoms with Crippen LogP contribution in [0.4, 0.5) is 39.5 Å². The van der Waals surface area contributed by atoms with Crippen molar-refractivity contribution in [2.75, 3.05) is 31.6 Å². The van der Waals surface area contributed by atoms with Crippen molar-refractivity contribution in [2.24, 2.45) is 23.2 Å². The SMILES string of the molecule is C=C1CCC2C3C(CC[C@]12C)c1ccc(O)cc1C(O)C3CCCCCN(C)CCCSCCC(F)(F)C(F)(F)C(F)(F)C(F)(F)F. The third-order valence-electron chi connectivity index (χ3n) is 11.2. The average molecular weight is 704 g/mol. The largest absolute Gasteiger partial charge is 0.508 e. The third-order valence-corrected chi connectivity index (χ3v) is 12.2. The molecule has 3 aliphatic rings. The number of hydrogen-bond donors (Lipinski definition) is 2. The highest BCUT2D eigenvalue weighted by Crippen LogP contribution is 2.65. The molecule has 4 rings (SSSR count). The summed E-state index contributed by atoms with van der Waals surface area (Å²) >= 11 is 0.805. The monoisotopic (exact) mass is 703 g/mol. The van der Waals surface area contributed by atoms with Crippen molar-refractivity contribution >= 4 is 11.8 Å². The van der Waals surface area contributed by atoms with E-state index in [1.165, 1.54) is 5.57 Å². The van der Waals surface area contributed by atoms with Gasteiger partial charge < -0.3 is 15.1 Å². The van der Waals surface area contributed by atoms with Crippen molar-refractivity contribution in [3.8, 4) is 5.75 Å². The standard InChI is InChI=1S/C34H46F9NO2S/c1-21-9-12-27-28-24(13-14-30(21,27)2)23-11-10-22(45)20-26(23)29(46)25(28)8-5-4-6-16-44(3)17-7-18-47-19-15-31(35,36)32(37,38)33(39,40)34(41,42)43/h10-11,20,24-25,27-29,45-46H,1,4-9,12-19H2,2-3H3/t24?,25?,27?,28?,29?,30-/m1/s1. The number of phenolic OH excluding ortho intramolecular Hbond substituents is 1. The van der Waals surface area contributed by atoms with E-state index in [9.17, 15) is 49.7 Å². The number of rotatable bonds is 15. The molecule has 5 unspecified atom stereocenters. The predicted octanol–water partition coefficient (Wildman–Crippen LogP) is 10.00. The molecule has 2 fully saturated rings. The maximum absolute atomic E-state index is 13.7. The minimum Gasteiger partial charge on any atom is -0.508 e. The molecule has 47 heavy (non-hydrogen) atoms. The Kier molecular flexibility index (Phi) is 11.6. The van der Waals surface area contributed by atoms with Gasteiger partial charge in [0.2, 0.25) is 0 Å². The van der Waals surface area contributed by atoms with E-state index >= 15 is 0 Å². The summed E-state index contributed by atoms with van der Waals surface area (Å²) in [5, 5.41) is 21.8. The molecule has 0 radical (unpaired) electrons. The normalized spacial score (nSPS) is 28.4. The van der Waals surface area contributed by atoms with Gasteiger partial charge in [-0.15, -0.1) is 0 Å². The van der Waals surface area contributed by atoms with Gasteiger partial charge in [-0.05, 0) is 129 Å². The van der Waals surface area contributed by atoms with Gasteiger partial charge in [0.15, 0.2) is 0 Å². The van der Waals surface area contributed by atoms with Crippen molar-refractivity contribution in [3.05, 3.63) is 41.5 Å². The van der Waals surface area contributed by atoms with Gasteiger partial charge in [0.25, 0.3) is 0 Å². The van der Waals surface area contributed by atoms with E-state index < -0.39 is 42.2 Å². The molecule has 268 valence electrons. The van der Waals surface area contributed by atoms with E-state index in [-0.39, 0.29) is 22.8 Å². The molecular formula is C34H46F9NO2S. The molecule has 0 aromatic heterocycles. The van der Waals surface area contributed by atoms with Crippen molar-refractivity contribution < 1.29 is 49.7 Å². The molecule has 1 aromatic rings. The first-order chi connectivity index (χ1) is 21.8. The van der Waals surface area contributed by atoms with Gasteiger partial charge in [0.05, 0.1) is 6.10 Å². The van der Waals surface area contributed by atoms with Crippen LogP contribution in [0.15, 0.2) is 30.4 Å². The maximum Gasteiger partial charge on any atom is 0.460 e. The van der Waals surface area contributed by atoms with Crippen LogP contribution in [-0.4, -0.2) is 70.7 Å². The number of allylic oxidation sites excluding steroid dienone is 1. The molecule has 0 bridgehead atoms. The molecule has 0 amide bonds. The minimum absolute atomic E-state index is 0.0756. The Labute approximate surface area is 275 Å². The lowest BCUT2D eigenvalue weighted by Crippen LogP contribution is -2.60. The molecule has 3 nitrogen and oxygen atoms in total. The summed E-state index contributed by atoms with van der Waals surface area (Å²) in [5.74, 6) is -18.0. The van der Waals surface area contributed by atoms with Gasteiger partial charge in [-0.3, -0.25) is 0 Å². The number of aliphatic hydroxyl groups is 1. The number of aromatic hydroxyl groups is 1. The van der Waals surface area contributed by atoms with Crippen molar-refractivity contribution in [1.82, 2.24) is 4.90 Å². The topological polar surface area (TPSA) is 43.7 Å². The van der Waals surface area contributed by atoms with Crippen LogP contribution in [-0.2, 0) is 0 Å². The number of halogens is 9. The highest BCUT2D eigenvalue weighted by Gasteiger charge is 2.81. The Bertz CT molecular complexity index is 1240. The van der Waals surface area contributed by atoms with E-state index in [2.05, 4.69) is 13.5 Å². The number of unbranched alkanes of at least 4 members (excludes halogenated alkanes) is 2. The van der Waals surface area contributed by atoms with Crippen LogP contribution in [0.2, 0.25) is 0 Å². The molecule has 2 N–H and O–H groups in total. The van der Waals surface area contributed by atoms with Crippen molar-refractivity contribution in [1.29, 1.82) is 0 Å². The Morgan fingerprint density at radius 1 is 0.915 bits per heavy atom. The van der Waals surface area contributed by atoms with E-state index in [1.54, 1.807) is 12.1 Å². The van der Waals surface area contributed by atoms with Gasteiger partial charge in [-0.25, -0.2) is 0 Å². The molecule has 0 saturated heterocycles. The fourth-order valence-corrected chi connectivity index (χ4v) is 9.30. The van der Waals surface area contributed by atoms with Crippen LogP contribution in [0.1, 0.15) is 94.3 Å². The fraction of sp³-hybridized carbons (Fsp3) is 0.765. The molecule has 2 saturated carbocycles. The second kappa shape index (κ2) is 14.3. The summed E-state index contributed by atoms with van der Waals surface area (Å²) in [4.78, 5) is 2.04. The highest BCUT2D eigenvalue weighted by atomic mass is 32.2. The van der Waals surface area contributed by atoms with Crippen LogP contribution < -0.4 is 0 Å².